The van der Waals surface area contributed by atoms with Crippen molar-refractivity contribution in [3.05, 3.63) is 35.4 Å². The number of nitrogens with zero attached hydrogens (tertiary/aromatic N) is 2. The molecule has 0 spiro atoms. The van der Waals surface area contributed by atoms with Gasteiger partial charge in [-0.25, -0.2) is 9.59 Å². The molecular weight excluding hydrogens is 362 g/mol. The third-order valence-corrected chi connectivity index (χ3v) is 5.79. The lowest BCUT2D eigenvalue weighted by molar-refractivity contribution is -0.154. The van der Waals surface area contributed by atoms with E-state index < -0.39 is 41.9 Å². The monoisotopic (exact) mass is 387 g/mol. The minimum atomic E-state index is -0.965. The molecular formula is C20H25N3O5. The van der Waals surface area contributed by atoms with Crippen LogP contribution >= 0.6 is 0 Å². The van der Waals surface area contributed by atoms with Crippen LogP contribution in [0.25, 0.3) is 0 Å². The number of carbonyl (C=O) groups excluding carboxylic acids is 4. The van der Waals surface area contributed by atoms with Gasteiger partial charge in [-0.3, -0.25) is 14.5 Å². The third kappa shape index (κ3) is 3.23. The number of hydrogen-bond acceptors (Lipinski definition) is 5. The Hall–Kier alpha value is -2.90. The van der Waals surface area contributed by atoms with Crippen LogP contribution in [0.15, 0.2) is 24.3 Å². The van der Waals surface area contributed by atoms with Crippen molar-refractivity contribution in [1.29, 1.82) is 0 Å². The summed E-state index contributed by atoms with van der Waals surface area (Å²) >= 11 is 0. The van der Waals surface area contributed by atoms with Gasteiger partial charge in [-0.1, -0.05) is 38.1 Å². The van der Waals surface area contributed by atoms with Gasteiger partial charge >= 0.3 is 12.0 Å². The summed E-state index contributed by atoms with van der Waals surface area (Å²) in [6.07, 6.45) is 1.23. The molecule has 0 radical (unpaired) electrons. The fourth-order valence-corrected chi connectivity index (χ4v) is 3.91. The Kier molecular flexibility index (Phi) is 5.40. The molecule has 2 aliphatic rings. The number of nitrogens with one attached hydrogen (secondary N) is 1. The van der Waals surface area contributed by atoms with Crippen molar-refractivity contribution < 1.29 is 23.9 Å². The van der Waals surface area contributed by atoms with E-state index in [0.717, 1.165) is 16.0 Å². The van der Waals surface area contributed by atoms with E-state index in [4.69, 9.17) is 4.74 Å². The molecule has 1 atom stereocenters. The van der Waals surface area contributed by atoms with Gasteiger partial charge in [0.2, 0.25) is 5.91 Å². The SMILES string of the molecule is CCC1(CC)NC(=O)N(CC(=O)N2Cc3ccccc3C[C@H]2C(=O)OC)C1=O. The van der Waals surface area contributed by atoms with Crippen molar-refractivity contribution in [3.63, 3.8) is 0 Å². The highest BCUT2D eigenvalue weighted by Gasteiger charge is 2.50. The topological polar surface area (TPSA) is 96.0 Å². The summed E-state index contributed by atoms with van der Waals surface area (Å²) in [5.74, 6) is -1.38. The van der Waals surface area contributed by atoms with Crippen LogP contribution in [-0.2, 0) is 32.1 Å². The Morgan fingerprint density at radius 1 is 1.18 bits per heavy atom. The number of rotatable bonds is 5. The van der Waals surface area contributed by atoms with E-state index in [9.17, 15) is 19.2 Å². The van der Waals surface area contributed by atoms with Crippen LogP contribution in [0.4, 0.5) is 4.79 Å². The fraction of sp³-hybridized carbons (Fsp3) is 0.500. The average Bonchev–Trinajstić information content (AvgIpc) is 2.96. The van der Waals surface area contributed by atoms with Crippen molar-refractivity contribution >= 4 is 23.8 Å². The molecule has 0 saturated carbocycles. The van der Waals surface area contributed by atoms with E-state index in [1.807, 2.05) is 38.1 Å². The van der Waals surface area contributed by atoms with Gasteiger partial charge in [0, 0.05) is 13.0 Å². The van der Waals surface area contributed by atoms with Crippen LogP contribution in [0.5, 0.6) is 0 Å². The molecule has 2 heterocycles. The van der Waals surface area contributed by atoms with Gasteiger partial charge < -0.3 is 15.0 Å². The molecule has 0 aliphatic carbocycles. The van der Waals surface area contributed by atoms with Gasteiger partial charge in [-0.2, -0.15) is 0 Å². The number of urea groups is 1. The smallest absolute Gasteiger partial charge is 0.328 e. The summed E-state index contributed by atoms with van der Waals surface area (Å²) in [5, 5.41) is 2.71. The first kappa shape index (κ1) is 19.9. The minimum Gasteiger partial charge on any atom is -0.467 e. The third-order valence-electron chi connectivity index (χ3n) is 5.79. The van der Waals surface area contributed by atoms with E-state index in [-0.39, 0.29) is 6.54 Å². The quantitative estimate of drug-likeness (QED) is 0.605. The standard InChI is InChI=1S/C20H25N3O5/c1-4-20(5-2)18(26)23(19(27)21-20)12-16(24)22-11-14-9-7-6-8-13(14)10-15(22)17(25)28-3/h6-9,15H,4-5,10-12H2,1-3H3,(H,21,27)/t15-/m0/s1. The Morgan fingerprint density at radius 2 is 1.82 bits per heavy atom. The summed E-state index contributed by atoms with van der Waals surface area (Å²) in [4.78, 5) is 52.7. The van der Waals surface area contributed by atoms with Crippen molar-refractivity contribution in [3.8, 4) is 0 Å². The molecule has 8 heteroatoms. The van der Waals surface area contributed by atoms with Gasteiger partial charge in [-0.05, 0) is 24.0 Å². The summed E-state index contributed by atoms with van der Waals surface area (Å²) < 4.78 is 4.87. The van der Waals surface area contributed by atoms with E-state index in [0.29, 0.717) is 19.3 Å². The summed E-state index contributed by atoms with van der Waals surface area (Å²) in [6, 6.07) is 6.21. The molecule has 8 nitrogen and oxygen atoms in total. The number of methoxy groups -OCH3 is 1. The zero-order valence-corrected chi connectivity index (χ0v) is 16.4. The van der Waals surface area contributed by atoms with Gasteiger partial charge in [0.25, 0.3) is 5.91 Å². The van der Waals surface area contributed by atoms with Gasteiger partial charge in [0.1, 0.15) is 18.1 Å². The van der Waals surface area contributed by atoms with E-state index in [2.05, 4.69) is 5.32 Å². The van der Waals surface area contributed by atoms with Crippen molar-refractivity contribution in [2.24, 2.45) is 0 Å². The van der Waals surface area contributed by atoms with Crippen molar-refractivity contribution in [1.82, 2.24) is 15.1 Å². The predicted molar refractivity (Wildman–Crippen MR) is 100 cm³/mol. The molecule has 0 aromatic heterocycles. The van der Waals surface area contributed by atoms with Crippen LogP contribution in [-0.4, -0.2) is 58.8 Å². The Bertz CT molecular complexity index is 818. The first-order valence-electron chi connectivity index (χ1n) is 9.45. The van der Waals surface area contributed by atoms with Crippen molar-refractivity contribution in [2.75, 3.05) is 13.7 Å². The van der Waals surface area contributed by atoms with E-state index in [1.165, 1.54) is 12.0 Å². The lowest BCUT2D eigenvalue weighted by Gasteiger charge is -2.35. The second kappa shape index (κ2) is 7.61. The zero-order chi connectivity index (χ0) is 20.5. The Morgan fingerprint density at radius 3 is 2.39 bits per heavy atom. The summed E-state index contributed by atoms with van der Waals surface area (Å²) in [7, 11) is 1.28. The molecule has 3 rings (SSSR count). The lowest BCUT2D eigenvalue weighted by atomic mass is 9.93. The molecule has 28 heavy (non-hydrogen) atoms. The lowest BCUT2D eigenvalue weighted by Crippen LogP contribution is -2.53. The maximum Gasteiger partial charge on any atom is 0.328 e. The minimum absolute atomic E-state index is 0.227. The second-order valence-electron chi connectivity index (χ2n) is 7.14. The van der Waals surface area contributed by atoms with Crippen LogP contribution in [0.3, 0.4) is 0 Å². The maximum atomic E-state index is 13.0. The Balaban J connectivity index is 1.83. The zero-order valence-electron chi connectivity index (χ0n) is 16.4. The Labute approximate surface area is 163 Å². The highest BCUT2D eigenvalue weighted by molar-refractivity contribution is 6.09. The highest BCUT2D eigenvalue weighted by Crippen LogP contribution is 2.27. The molecule has 4 amide bonds. The van der Waals surface area contributed by atoms with E-state index in [1.54, 1.807) is 0 Å². The van der Waals surface area contributed by atoms with Gasteiger partial charge in [-0.15, -0.1) is 0 Å². The molecule has 1 aromatic carbocycles. The first-order chi connectivity index (χ1) is 13.4. The highest BCUT2D eigenvalue weighted by atomic mass is 16.5. The normalized spacial score (nSPS) is 20.6. The average molecular weight is 387 g/mol. The molecule has 1 aromatic rings. The molecule has 150 valence electrons. The van der Waals surface area contributed by atoms with Gasteiger partial charge in [0.05, 0.1) is 7.11 Å². The number of imide groups is 1. The molecule has 1 saturated heterocycles. The fourth-order valence-electron chi connectivity index (χ4n) is 3.91. The first-order valence-corrected chi connectivity index (χ1v) is 9.45. The number of esters is 1. The number of hydrogen-bond donors (Lipinski definition) is 1. The van der Waals surface area contributed by atoms with Crippen LogP contribution in [0, 0.1) is 0 Å². The molecule has 1 fully saturated rings. The second-order valence-corrected chi connectivity index (χ2v) is 7.14. The van der Waals surface area contributed by atoms with Crippen molar-refractivity contribution in [2.45, 2.75) is 51.2 Å². The van der Waals surface area contributed by atoms with Crippen LogP contribution < -0.4 is 5.32 Å². The molecule has 0 bridgehead atoms. The summed E-state index contributed by atoms with van der Waals surface area (Å²) in [5.41, 5.74) is 0.950. The van der Waals surface area contributed by atoms with Crippen LogP contribution in [0.1, 0.15) is 37.8 Å². The number of carbonyl (C=O) groups is 4. The summed E-state index contributed by atoms with van der Waals surface area (Å²) in [6.45, 7) is 3.47. The molecule has 2 aliphatic heterocycles. The predicted octanol–water partition coefficient (Wildman–Crippen LogP) is 1.22. The number of benzene rings is 1. The maximum absolute atomic E-state index is 13.0. The van der Waals surface area contributed by atoms with Gasteiger partial charge in [0.15, 0.2) is 0 Å². The largest absolute Gasteiger partial charge is 0.467 e. The molecule has 0 unspecified atom stereocenters. The van der Waals surface area contributed by atoms with E-state index >= 15 is 0 Å². The number of ether oxygens (including phenoxy) is 1. The molecule has 1 N–H and O–H groups in total. The van der Waals surface area contributed by atoms with Crippen LogP contribution in [0.2, 0.25) is 0 Å². The number of amides is 4. The number of fused-ring (bicyclic) bond motifs is 1.